The Balaban J connectivity index is 2.58. The van der Waals surface area contributed by atoms with Crippen LogP contribution in [0.1, 0.15) is 6.92 Å². The van der Waals surface area contributed by atoms with Gasteiger partial charge in [-0.1, -0.05) is 0 Å². The van der Waals surface area contributed by atoms with Gasteiger partial charge < -0.3 is 9.47 Å². The van der Waals surface area contributed by atoms with Gasteiger partial charge in [-0.15, -0.1) is 0 Å². The molecule has 1 atom stereocenters. The van der Waals surface area contributed by atoms with E-state index in [9.17, 15) is 16.8 Å². The second-order valence-electron chi connectivity index (χ2n) is 5.12. The van der Waals surface area contributed by atoms with Gasteiger partial charge >= 0.3 is 0 Å². The molecule has 9 heteroatoms. The van der Waals surface area contributed by atoms with Crippen LogP contribution >= 0.6 is 0 Å². The maximum Gasteiger partial charge on any atom is 0.247 e. The first-order chi connectivity index (χ1) is 10.2. The molecule has 1 heterocycles. The molecule has 1 aromatic carbocycles. The van der Waals surface area contributed by atoms with Crippen LogP contribution in [0.15, 0.2) is 28.0 Å². The summed E-state index contributed by atoms with van der Waals surface area (Å²) >= 11 is 0. The van der Waals surface area contributed by atoms with Crippen LogP contribution < -0.4 is 4.74 Å². The summed E-state index contributed by atoms with van der Waals surface area (Å²) in [5.41, 5.74) is 0. The molecule has 0 spiro atoms. The Kier molecular flexibility index (Phi) is 4.81. The van der Waals surface area contributed by atoms with Crippen LogP contribution in [-0.2, 0) is 24.6 Å². The minimum Gasteiger partial charge on any atom is -0.495 e. The molecule has 1 fully saturated rings. The number of rotatable bonds is 4. The highest BCUT2D eigenvalue weighted by Gasteiger charge is 2.34. The van der Waals surface area contributed by atoms with Gasteiger partial charge in [0.05, 0.1) is 25.2 Å². The smallest absolute Gasteiger partial charge is 0.247 e. The van der Waals surface area contributed by atoms with Gasteiger partial charge in [-0.25, -0.2) is 16.8 Å². The lowest BCUT2D eigenvalue weighted by Gasteiger charge is -2.32. The first kappa shape index (κ1) is 17.2. The van der Waals surface area contributed by atoms with Crippen LogP contribution in [0.5, 0.6) is 5.75 Å². The molecule has 1 aliphatic rings. The van der Waals surface area contributed by atoms with Gasteiger partial charge in [0.2, 0.25) is 10.0 Å². The molecular weight excluding hydrogens is 330 g/mol. The van der Waals surface area contributed by atoms with E-state index in [-0.39, 0.29) is 28.1 Å². The molecule has 0 aromatic heterocycles. The lowest BCUT2D eigenvalue weighted by molar-refractivity contribution is 0.0392. The Morgan fingerprint density at radius 1 is 1.27 bits per heavy atom. The van der Waals surface area contributed by atoms with Crippen molar-refractivity contribution in [1.29, 1.82) is 0 Å². The largest absolute Gasteiger partial charge is 0.495 e. The van der Waals surface area contributed by atoms with E-state index in [1.54, 1.807) is 6.92 Å². The molecule has 0 N–H and O–H groups in total. The number of morpholine rings is 1. The fraction of sp³-hybridized carbons (Fsp3) is 0.538. The highest BCUT2D eigenvalue weighted by atomic mass is 32.2. The second-order valence-corrected chi connectivity index (χ2v) is 9.00. The number of benzene rings is 1. The molecule has 0 aliphatic carbocycles. The molecule has 1 aliphatic heterocycles. The lowest BCUT2D eigenvalue weighted by atomic mass is 10.3. The first-order valence-electron chi connectivity index (χ1n) is 6.65. The summed E-state index contributed by atoms with van der Waals surface area (Å²) in [6.07, 6.45) is 1.03. The molecule has 7 nitrogen and oxygen atoms in total. The van der Waals surface area contributed by atoms with Crippen LogP contribution in [0.4, 0.5) is 0 Å². The zero-order valence-electron chi connectivity index (χ0n) is 12.6. The molecule has 0 amide bonds. The summed E-state index contributed by atoms with van der Waals surface area (Å²) in [6.45, 7) is 2.56. The van der Waals surface area contributed by atoms with Crippen LogP contribution in [0.25, 0.3) is 0 Å². The third kappa shape index (κ3) is 3.27. The number of hydrogen-bond donors (Lipinski definition) is 0. The van der Waals surface area contributed by atoms with E-state index in [0.29, 0.717) is 13.2 Å². The molecule has 2 rings (SSSR count). The molecule has 1 aromatic rings. The predicted molar refractivity (Wildman–Crippen MR) is 80.3 cm³/mol. The number of hydrogen-bond acceptors (Lipinski definition) is 6. The van der Waals surface area contributed by atoms with E-state index < -0.39 is 19.9 Å². The van der Waals surface area contributed by atoms with Crippen molar-refractivity contribution in [3.63, 3.8) is 0 Å². The van der Waals surface area contributed by atoms with Gasteiger partial charge in [0.15, 0.2) is 9.84 Å². The fourth-order valence-corrected chi connectivity index (χ4v) is 4.79. The van der Waals surface area contributed by atoms with Crippen molar-refractivity contribution in [2.75, 3.05) is 33.1 Å². The molecule has 124 valence electrons. The maximum absolute atomic E-state index is 12.9. The maximum atomic E-state index is 12.9. The number of ether oxygens (including phenoxy) is 2. The first-order valence-corrected chi connectivity index (χ1v) is 9.98. The summed E-state index contributed by atoms with van der Waals surface area (Å²) in [5, 5.41) is 0. The summed E-state index contributed by atoms with van der Waals surface area (Å²) in [7, 11) is -6.05. The summed E-state index contributed by atoms with van der Waals surface area (Å²) in [6, 6.07) is 3.50. The number of methoxy groups -OCH3 is 1. The van der Waals surface area contributed by atoms with Gasteiger partial charge in [-0.2, -0.15) is 4.31 Å². The highest BCUT2D eigenvalue weighted by Crippen LogP contribution is 2.31. The van der Waals surface area contributed by atoms with Gasteiger partial charge in [0, 0.05) is 18.8 Å². The predicted octanol–water partition coefficient (Wildman–Crippen LogP) is 0.508. The minimum absolute atomic E-state index is 0.0622. The lowest BCUT2D eigenvalue weighted by Crippen LogP contribution is -2.47. The molecule has 1 saturated heterocycles. The van der Waals surface area contributed by atoms with Crippen molar-refractivity contribution < 1.29 is 26.3 Å². The average Bonchev–Trinajstić information content (AvgIpc) is 2.45. The van der Waals surface area contributed by atoms with Crippen molar-refractivity contribution in [1.82, 2.24) is 4.31 Å². The van der Waals surface area contributed by atoms with Gasteiger partial charge in [-0.05, 0) is 25.1 Å². The molecule has 0 bridgehead atoms. The normalized spacial score (nSPS) is 20.8. The van der Waals surface area contributed by atoms with Gasteiger partial charge in [0.1, 0.15) is 10.6 Å². The summed E-state index contributed by atoms with van der Waals surface area (Å²) in [5.74, 6) is 0.117. The quantitative estimate of drug-likeness (QED) is 0.787. The molecular formula is C13H19NO6S2. The van der Waals surface area contributed by atoms with E-state index in [4.69, 9.17) is 9.47 Å². The van der Waals surface area contributed by atoms with Crippen LogP contribution in [0.2, 0.25) is 0 Å². The Hall–Kier alpha value is -1.16. The zero-order valence-corrected chi connectivity index (χ0v) is 14.3. The Labute approximate surface area is 130 Å². The van der Waals surface area contributed by atoms with Crippen LogP contribution in [-0.4, -0.2) is 60.3 Å². The van der Waals surface area contributed by atoms with Crippen molar-refractivity contribution in [3.8, 4) is 5.75 Å². The zero-order chi connectivity index (χ0) is 16.5. The number of sulfone groups is 1. The van der Waals surface area contributed by atoms with E-state index in [1.165, 1.54) is 23.5 Å². The van der Waals surface area contributed by atoms with Crippen molar-refractivity contribution in [3.05, 3.63) is 18.2 Å². The molecule has 0 saturated carbocycles. The monoisotopic (exact) mass is 349 g/mol. The topological polar surface area (TPSA) is 90.0 Å². The van der Waals surface area contributed by atoms with Crippen molar-refractivity contribution in [2.45, 2.75) is 22.8 Å². The van der Waals surface area contributed by atoms with Gasteiger partial charge in [-0.3, -0.25) is 0 Å². The van der Waals surface area contributed by atoms with E-state index in [2.05, 4.69) is 0 Å². The average molecular weight is 349 g/mol. The fourth-order valence-electron chi connectivity index (χ4n) is 2.28. The summed E-state index contributed by atoms with van der Waals surface area (Å²) in [4.78, 5) is -0.209. The third-order valence-electron chi connectivity index (χ3n) is 3.46. The highest BCUT2D eigenvalue weighted by molar-refractivity contribution is 7.91. The number of sulfonamides is 1. The van der Waals surface area contributed by atoms with Crippen LogP contribution in [0.3, 0.4) is 0 Å². The Bertz CT molecular complexity index is 757. The molecule has 1 unspecified atom stereocenters. The third-order valence-corrected chi connectivity index (χ3v) is 6.60. The molecule has 22 heavy (non-hydrogen) atoms. The Morgan fingerprint density at radius 3 is 2.50 bits per heavy atom. The minimum atomic E-state index is -3.87. The SMILES string of the molecule is COc1ccc(S(C)(=O)=O)cc1S(=O)(=O)N1CCOCC1C. The van der Waals surface area contributed by atoms with E-state index in [0.717, 1.165) is 12.3 Å². The van der Waals surface area contributed by atoms with E-state index >= 15 is 0 Å². The second kappa shape index (κ2) is 6.15. The van der Waals surface area contributed by atoms with Crippen molar-refractivity contribution in [2.24, 2.45) is 0 Å². The van der Waals surface area contributed by atoms with Crippen LogP contribution in [0, 0.1) is 0 Å². The van der Waals surface area contributed by atoms with E-state index in [1.807, 2.05) is 0 Å². The summed E-state index contributed by atoms with van der Waals surface area (Å²) < 4.78 is 60.7. The molecule has 0 radical (unpaired) electrons. The standard InChI is InChI=1S/C13H19NO6S2/c1-10-9-20-7-6-14(10)22(17,18)13-8-11(21(3,15)16)4-5-12(13)19-2/h4-5,8,10H,6-7,9H2,1-3H3. The van der Waals surface area contributed by atoms with Gasteiger partial charge in [0.25, 0.3) is 0 Å². The van der Waals surface area contributed by atoms with Crippen molar-refractivity contribution >= 4 is 19.9 Å². The Morgan fingerprint density at radius 2 is 1.95 bits per heavy atom. The number of nitrogens with zero attached hydrogens (tertiary/aromatic N) is 1.